The van der Waals surface area contributed by atoms with Gasteiger partial charge in [-0.2, -0.15) is 0 Å². The van der Waals surface area contributed by atoms with Crippen LogP contribution in [0, 0.1) is 6.92 Å². The van der Waals surface area contributed by atoms with Gasteiger partial charge in [-0.3, -0.25) is 9.59 Å². The van der Waals surface area contributed by atoms with Crippen molar-refractivity contribution in [3.63, 3.8) is 0 Å². The summed E-state index contributed by atoms with van der Waals surface area (Å²) < 4.78 is 40.5. The Morgan fingerprint density at radius 1 is 1.15 bits per heavy atom. The first-order chi connectivity index (χ1) is 12.2. The maximum Gasteiger partial charge on any atom is 0.573 e. The van der Waals surface area contributed by atoms with Crippen LogP contribution in [0.15, 0.2) is 42.5 Å². The predicted octanol–water partition coefficient (Wildman–Crippen LogP) is 4.96. The average Bonchev–Trinajstić information content (AvgIpc) is 2.53. The molecule has 2 aromatic rings. The minimum Gasteiger partial charge on any atom is -0.406 e. The van der Waals surface area contributed by atoms with Crippen molar-refractivity contribution in [2.45, 2.75) is 19.7 Å². The van der Waals surface area contributed by atoms with Gasteiger partial charge >= 0.3 is 6.36 Å². The van der Waals surface area contributed by atoms with Crippen LogP contribution in [0.3, 0.4) is 0 Å². The van der Waals surface area contributed by atoms with Crippen molar-refractivity contribution in [2.24, 2.45) is 0 Å². The minimum absolute atomic E-state index is 0.0884. The van der Waals surface area contributed by atoms with Crippen LogP contribution in [-0.2, 0) is 0 Å². The second-order valence-electron chi connectivity index (χ2n) is 5.48. The van der Waals surface area contributed by atoms with Gasteiger partial charge < -0.3 is 10.1 Å². The summed E-state index contributed by atoms with van der Waals surface area (Å²) >= 11 is 5.42. The van der Waals surface area contributed by atoms with Crippen LogP contribution in [-0.4, -0.2) is 23.9 Å². The minimum atomic E-state index is -4.77. The summed E-state index contributed by atoms with van der Waals surface area (Å²) in [6, 6.07) is 9.94. The third kappa shape index (κ3) is 5.77. The van der Waals surface area contributed by atoms with Crippen molar-refractivity contribution in [3.05, 3.63) is 59.2 Å². The van der Waals surface area contributed by atoms with E-state index in [0.717, 1.165) is 0 Å². The number of hydrogen-bond donors (Lipinski definition) is 1. The average molecular weight is 386 g/mol. The molecule has 8 heteroatoms. The number of nitrogens with one attached hydrogen (secondary N) is 1. The molecule has 0 aliphatic carbocycles. The van der Waals surface area contributed by atoms with E-state index < -0.39 is 11.6 Å². The molecule has 0 saturated carbocycles. The molecule has 0 aromatic heterocycles. The quantitative estimate of drug-likeness (QED) is 0.540. The number of rotatable bonds is 7. The molecule has 0 amide bonds. The molecule has 2 rings (SSSR count). The molecular weight excluding hydrogens is 371 g/mol. The highest BCUT2D eigenvalue weighted by Gasteiger charge is 2.31. The number of hydrogen-bond acceptors (Lipinski definition) is 4. The lowest BCUT2D eigenvalue weighted by atomic mass is 10.00. The molecule has 0 bridgehead atoms. The number of Topliss-reactive ketones (excluding diaryl/α,β-unsaturated/α-hetero) is 1. The molecule has 138 valence electrons. The smallest absolute Gasteiger partial charge is 0.406 e. The molecule has 0 spiro atoms. The van der Waals surface area contributed by atoms with Gasteiger partial charge in [0.05, 0.1) is 0 Å². The molecular formula is C18H15ClF3NO3. The first-order valence-corrected chi connectivity index (χ1v) is 7.97. The van der Waals surface area contributed by atoms with E-state index in [0.29, 0.717) is 16.8 Å². The Labute approximate surface area is 152 Å². The lowest BCUT2D eigenvalue weighted by Gasteiger charge is -2.11. The van der Waals surface area contributed by atoms with Crippen molar-refractivity contribution in [3.8, 4) is 5.75 Å². The summed E-state index contributed by atoms with van der Waals surface area (Å²) in [5, 5.41) is 2.21. The lowest BCUT2D eigenvalue weighted by Crippen LogP contribution is -2.17. The van der Waals surface area contributed by atoms with E-state index in [2.05, 4.69) is 10.1 Å². The Bertz CT molecular complexity index is 822. The third-order valence-electron chi connectivity index (χ3n) is 3.51. The molecule has 1 N–H and O–H groups in total. The number of ketones is 1. The third-order valence-corrected chi connectivity index (χ3v) is 3.73. The van der Waals surface area contributed by atoms with Crippen molar-refractivity contribution in [1.29, 1.82) is 0 Å². The molecule has 4 nitrogen and oxygen atoms in total. The Morgan fingerprint density at radius 2 is 1.88 bits per heavy atom. The maximum atomic E-state index is 12.3. The molecule has 0 radical (unpaired) electrons. The second kappa shape index (κ2) is 8.23. The number of carbonyl (C=O) groups excluding carboxylic acids is 2. The predicted molar refractivity (Wildman–Crippen MR) is 91.9 cm³/mol. The van der Waals surface area contributed by atoms with Gasteiger partial charge in [0.2, 0.25) is 0 Å². The van der Waals surface area contributed by atoms with Gasteiger partial charge in [-0.25, -0.2) is 0 Å². The summed E-state index contributed by atoms with van der Waals surface area (Å²) in [5.74, 6) is -0.560. The second-order valence-corrected chi connectivity index (χ2v) is 5.82. The topological polar surface area (TPSA) is 55.4 Å². The summed E-state index contributed by atoms with van der Waals surface area (Å²) in [6.45, 7) is 1.94. The number of alkyl halides is 3. The summed E-state index contributed by atoms with van der Waals surface area (Å²) in [4.78, 5) is 23.5. The highest BCUT2D eigenvalue weighted by atomic mass is 35.5. The van der Waals surface area contributed by atoms with Crippen LogP contribution in [0.5, 0.6) is 5.75 Å². The monoisotopic (exact) mass is 385 g/mol. The highest BCUT2D eigenvalue weighted by Crippen LogP contribution is 2.25. The van der Waals surface area contributed by atoms with Gasteiger partial charge in [-0.05, 0) is 48.4 Å². The number of aryl methyl sites for hydroxylation is 1. The SMILES string of the molecule is Cc1ccc(C(=O)Cl)cc1C(=O)CCNc1cccc(OC(F)(F)F)c1. The van der Waals surface area contributed by atoms with Crippen LogP contribution in [0.25, 0.3) is 0 Å². The zero-order valence-corrected chi connectivity index (χ0v) is 14.4. The van der Waals surface area contributed by atoms with Crippen molar-refractivity contribution in [1.82, 2.24) is 0 Å². The van der Waals surface area contributed by atoms with Gasteiger partial charge in [-0.15, -0.1) is 13.2 Å². The Balaban J connectivity index is 1.98. The van der Waals surface area contributed by atoms with E-state index in [9.17, 15) is 22.8 Å². The molecule has 0 unspecified atom stereocenters. The first kappa shape index (κ1) is 19.8. The summed E-state index contributed by atoms with van der Waals surface area (Å²) in [7, 11) is 0. The number of halogens is 4. The van der Waals surface area contributed by atoms with Crippen molar-refractivity contribution >= 4 is 28.3 Å². The van der Waals surface area contributed by atoms with E-state index in [4.69, 9.17) is 11.6 Å². The van der Waals surface area contributed by atoms with E-state index in [1.807, 2.05) is 0 Å². The highest BCUT2D eigenvalue weighted by molar-refractivity contribution is 6.67. The largest absolute Gasteiger partial charge is 0.573 e. The van der Waals surface area contributed by atoms with Crippen LogP contribution in [0.2, 0.25) is 0 Å². The Hall–Kier alpha value is -2.54. The number of carbonyl (C=O) groups is 2. The fourth-order valence-corrected chi connectivity index (χ4v) is 2.42. The zero-order chi connectivity index (χ0) is 19.3. The Morgan fingerprint density at radius 3 is 2.54 bits per heavy atom. The molecule has 0 fully saturated rings. The van der Waals surface area contributed by atoms with Crippen LogP contribution in [0.1, 0.15) is 32.7 Å². The van der Waals surface area contributed by atoms with E-state index >= 15 is 0 Å². The number of anilines is 1. The summed E-state index contributed by atoms with van der Waals surface area (Å²) in [5.41, 5.74) is 1.70. The van der Waals surface area contributed by atoms with Crippen LogP contribution < -0.4 is 10.1 Å². The molecule has 26 heavy (non-hydrogen) atoms. The number of benzene rings is 2. The zero-order valence-electron chi connectivity index (χ0n) is 13.7. The molecule has 0 atom stereocenters. The van der Waals surface area contributed by atoms with Crippen molar-refractivity contribution in [2.75, 3.05) is 11.9 Å². The van der Waals surface area contributed by atoms with Crippen molar-refractivity contribution < 1.29 is 27.5 Å². The number of ether oxygens (including phenoxy) is 1. The fourth-order valence-electron chi connectivity index (χ4n) is 2.30. The molecule has 0 aliphatic heterocycles. The molecule has 0 saturated heterocycles. The van der Waals surface area contributed by atoms with E-state index in [-0.39, 0.29) is 30.1 Å². The Kier molecular flexibility index (Phi) is 6.26. The molecule has 2 aromatic carbocycles. The van der Waals surface area contributed by atoms with E-state index in [1.165, 1.54) is 30.3 Å². The maximum absolute atomic E-state index is 12.3. The van der Waals surface area contributed by atoms with Gasteiger partial charge in [0, 0.05) is 35.8 Å². The van der Waals surface area contributed by atoms with Gasteiger partial charge in [-0.1, -0.05) is 12.1 Å². The standard InChI is InChI=1S/C18H15ClF3NO3/c1-11-5-6-12(17(19)25)9-15(11)16(24)7-8-23-13-3-2-4-14(10-13)26-18(20,21)22/h2-6,9-10,23H,7-8H2,1H3. The van der Waals surface area contributed by atoms with Gasteiger partial charge in [0.1, 0.15) is 5.75 Å². The molecule has 0 aliphatic rings. The fraction of sp³-hybridized carbons (Fsp3) is 0.222. The first-order valence-electron chi connectivity index (χ1n) is 7.59. The summed E-state index contributed by atoms with van der Waals surface area (Å²) in [6.07, 6.45) is -4.68. The lowest BCUT2D eigenvalue weighted by molar-refractivity contribution is -0.274. The normalized spacial score (nSPS) is 11.1. The van der Waals surface area contributed by atoms with Gasteiger partial charge in [0.25, 0.3) is 5.24 Å². The van der Waals surface area contributed by atoms with Crippen LogP contribution in [0.4, 0.5) is 18.9 Å². The van der Waals surface area contributed by atoms with Crippen LogP contribution >= 0.6 is 11.6 Å². The molecule has 0 heterocycles. The van der Waals surface area contributed by atoms with E-state index in [1.54, 1.807) is 19.1 Å². The van der Waals surface area contributed by atoms with Gasteiger partial charge in [0.15, 0.2) is 5.78 Å².